The first-order chi connectivity index (χ1) is 36.5. The highest BCUT2D eigenvalue weighted by molar-refractivity contribution is 5.97. The van der Waals surface area contributed by atoms with Crippen LogP contribution in [0.25, 0.3) is 16.7 Å². The summed E-state index contributed by atoms with van der Waals surface area (Å²) < 4.78 is 0. The minimum Gasteiger partial charge on any atom is -0.507 e. The number of rotatable bonds is 28. The normalized spacial score (nSPS) is 17.5. The van der Waals surface area contributed by atoms with Crippen molar-refractivity contribution in [1.29, 1.82) is 0 Å². The molecule has 0 aromatic heterocycles. The number of nitrogens with one attached hydrogen (secondary N) is 3. The Bertz CT molecular complexity index is 2510. The fourth-order valence-corrected chi connectivity index (χ4v) is 10.2. The number of carbonyl (C=O) groups is 7. The number of unbranched alkanes of at least 4 members (excludes halogenated alkanes) is 12. The van der Waals surface area contributed by atoms with E-state index in [1.165, 1.54) is 115 Å². The summed E-state index contributed by atoms with van der Waals surface area (Å²) in [6, 6.07) is 11.2. The molecule has 16 heteroatoms. The van der Waals surface area contributed by atoms with E-state index in [2.05, 4.69) is 29.0 Å². The molecule has 0 saturated heterocycles. The van der Waals surface area contributed by atoms with Crippen LogP contribution in [0.4, 0.5) is 0 Å². The highest BCUT2D eigenvalue weighted by Gasteiger charge is 2.35. The molecule has 1 heterocycles. The van der Waals surface area contributed by atoms with E-state index < -0.39 is 77.9 Å². The molecule has 5 amide bonds. The Morgan fingerprint density at radius 1 is 0.711 bits per heavy atom. The number of aromatic hydroxyl groups is 2. The van der Waals surface area contributed by atoms with Gasteiger partial charge in [0, 0.05) is 63.2 Å². The SMILES string of the molecule is CCCCCCCCCCCCCCCC(=O)N(C)[C@H](CO)C(=O)N[C@H](C)C(=O)CCC(=O)N(C)[C@@H]1C(=O)C[C@@H](C)C(=O)N[C@H](C(=O)N[C@H](CO)CC2=CCc3ccccc32)Cc2ccc(O)c(c2)-c2cc1ccc2O. The van der Waals surface area contributed by atoms with Crippen LogP contribution in [-0.4, -0.2) is 123 Å². The first kappa shape index (κ1) is 60.5. The van der Waals surface area contributed by atoms with Gasteiger partial charge in [-0.05, 0) is 78.3 Å². The minimum atomic E-state index is -1.33. The lowest BCUT2D eigenvalue weighted by Gasteiger charge is -2.30. The van der Waals surface area contributed by atoms with Crippen molar-refractivity contribution in [1.82, 2.24) is 25.8 Å². The second-order valence-electron chi connectivity index (χ2n) is 20.9. The summed E-state index contributed by atoms with van der Waals surface area (Å²) in [6.45, 7) is 4.16. The fraction of sp³-hybridized carbons (Fsp3) is 0.550. The monoisotopic (exact) mass is 1050 g/mol. The molecule has 2 aliphatic rings. The average molecular weight is 1050 g/mol. The first-order valence-corrected chi connectivity index (χ1v) is 27.6. The van der Waals surface area contributed by atoms with Gasteiger partial charge < -0.3 is 46.2 Å². The standard InChI is InChI=1S/C60H83N5O11/c1-6-7-8-9-10-11-12-13-14-15-16-17-18-23-55(72)64(4)50(38-67)60(76)61-40(3)51(68)30-31-56(73)65(5)57-44-27-29-53(70)48(36-44)47-33-41(24-28-52(47)69)34-49(63-58(74)39(2)32-54(57)71)59(75)62-45(37-66)35-43-26-25-42-21-19-20-22-46(42)43/h19-22,24,26-29,33,36,39-40,45,49-50,57,66-67,69-70H,6-18,23,25,30-32,34-35,37-38H2,1-5H3,(H,61,76)(H,62,75)(H,63,74)/t39-,40-,45+,49+,50-,57+/m1/s1. The molecule has 3 aromatic carbocycles. The number of hydrogen-bond donors (Lipinski definition) is 7. The smallest absolute Gasteiger partial charge is 0.245 e. The number of benzene rings is 3. The summed E-state index contributed by atoms with van der Waals surface area (Å²) in [5.74, 6) is -5.39. The number of amides is 5. The molecule has 414 valence electrons. The van der Waals surface area contributed by atoms with E-state index in [1.54, 1.807) is 12.1 Å². The van der Waals surface area contributed by atoms with E-state index in [9.17, 15) is 54.0 Å². The van der Waals surface area contributed by atoms with Gasteiger partial charge in [-0.1, -0.05) is 133 Å². The van der Waals surface area contributed by atoms with E-state index in [4.69, 9.17) is 0 Å². The number of phenols is 2. The number of likely N-dealkylation sites (N-methyl/N-ethyl adjacent to an activating group) is 2. The van der Waals surface area contributed by atoms with Gasteiger partial charge >= 0.3 is 0 Å². The van der Waals surface area contributed by atoms with Crippen LogP contribution in [0.3, 0.4) is 0 Å². The molecule has 0 fully saturated rings. The van der Waals surface area contributed by atoms with Crippen LogP contribution in [-0.2, 0) is 46.4 Å². The number of allylic oxidation sites excluding steroid dienone is 1. The highest BCUT2D eigenvalue weighted by Crippen LogP contribution is 2.39. The van der Waals surface area contributed by atoms with Crippen LogP contribution >= 0.6 is 0 Å². The van der Waals surface area contributed by atoms with Gasteiger partial charge in [-0.25, -0.2) is 0 Å². The van der Waals surface area contributed by atoms with Crippen LogP contribution in [0, 0.1) is 5.92 Å². The number of carbonyl (C=O) groups excluding carboxylic acids is 7. The maximum absolute atomic E-state index is 14.4. The molecule has 0 radical (unpaired) electrons. The number of hydrogen-bond acceptors (Lipinski definition) is 11. The fourth-order valence-electron chi connectivity index (χ4n) is 10.2. The topological polar surface area (TPSA) is 243 Å². The summed E-state index contributed by atoms with van der Waals surface area (Å²) in [5.41, 5.74) is 4.21. The molecule has 1 aliphatic heterocycles. The third-order valence-corrected chi connectivity index (χ3v) is 15.0. The molecular weight excluding hydrogens is 967 g/mol. The number of aliphatic hydroxyl groups is 2. The van der Waals surface area contributed by atoms with E-state index in [1.807, 2.05) is 24.3 Å². The lowest BCUT2D eigenvalue weighted by molar-refractivity contribution is -0.142. The van der Waals surface area contributed by atoms with E-state index in [0.717, 1.165) is 47.3 Å². The van der Waals surface area contributed by atoms with Crippen molar-refractivity contribution in [3.05, 3.63) is 89.0 Å². The molecule has 1 aliphatic carbocycles. The molecule has 0 spiro atoms. The zero-order chi connectivity index (χ0) is 55.3. The molecule has 76 heavy (non-hydrogen) atoms. The van der Waals surface area contributed by atoms with Gasteiger partial charge in [-0.3, -0.25) is 33.6 Å². The number of phenolic OH excluding ortho intramolecular Hbond substituents is 2. The number of Topliss-reactive ketones (excluding diaryl/α,β-unsaturated/α-hetero) is 2. The van der Waals surface area contributed by atoms with Gasteiger partial charge in [0.25, 0.3) is 0 Å². The number of ketones is 2. The van der Waals surface area contributed by atoms with Crippen LogP contribution in [0.1, 0.15) is 165 Å². The number of nitrogens with zero attached hydrogens (tertiary/aromatic N) is 2. The van der Waals surface area contributed by atoms with Gasteiger partial charge in [-0.2, -0.15) is 0 Å². The van der Waals surface area contributed by atoms with Crippen molar-refractivity contribution in [2.75, 3.05) is 27.3 Å². The third-order valence-electron chi connectivity index (χ3n) is 15.0. The molecule has 5 rings (SSSR count). The zero-order valence-corrected chi connectivity index (χ0v) is 45.4. The summed E-state index contributed by atoms with van der Waals surface area (Å²) in [7, 11) is 2.83. The summed E-state index contributed by atoms with van der Waals surface area (Å²) in [6.07, 6.45) is 17.4. The number of aliphatic hydroxyl groups excluding tert-OH is 2. The quantitative estimate of drug-likeness (QED) is 0.0350. The zero-order valence-electron chi connectivity index (χ0n) is 45.4. The molecular formula is C60H83N5O11. The second kappa shape index (κ2) is 30.4. The van der Waals surface area contributed by atoms with Gasteiger partial charge in [0.2, 0.25) is 29.5 Å². The van der Waals surface area contributed by atoms with Crippen molar-refractivity contribution in [3.8, 4) is 22.6 Å². The van der Waals surface area contributed by atoms with Crippen molar-refractivity contribution < 1.29 is 54.0 Å². The van der Waals surface area contributed by atoms with Crippen LogP contribution in [0.15, 0.2) is 66.7 Å². The van der Waals surface area contributed by atoms with Crippen LogP contribution in [0.5, 0.6) is 11.5 Å². The van der Waals surface area contributed by atoms with Gasteiger partial charge in [0.15, 0.2) is 11.6 Å². The second-order valence-corrected chi connectivity index (χ2v) is 20.9. The van der Waals surface area contributed by atoms with Gasteiger partial charge in [-0.15, -0.1) is 0 Å². The maximum atomic E-state index is 14.4. The van der Waals surface area contributed by atoms with E-state index in [-0.39, 0.29) is 72.8 Å². The Morgan fingerprint density at radius 2 is 1.33 bits per heavy atom. The lowest BCUT2D eigenvalue weighted by atomic mass is 9.89. The maximum Gasteiger partial charge on any atom is 0.245 e. The largest absolute Gasteiger partial charge is 0.507 e. The van der Waals surface area contributed by atoms with Crippen molar-refractivity contribution in [2.24, 2.45) is 5.92 Å². The Morgan fingerprint density at radius 3 is 1.97 bits per heavy atom. The predicted octanol–water partition coefficient (Wildman–Crippen LogP) is 7.56. The van der Waals surface area contributed by atoms with Crippen LogP contribution < -0.4 is 16.0 Å². The third kappa shape index (κ3) is 17.3. The van der Waals surface area contributed by atoms with Gasteiger partial charge in [0.1, 0.15) is 29.6 Å². The molecule has 0 saturated carbocycles. The van der Waals surface area contributed by atoms with Crippen molar-refractivity contribution >= 4 is 46.7 Å². The lowest BCUT2D eigenvalue weighted by Crippen LogP contribution is -2.53. The Hall–Kier alpha value is -6.39. The molecule has 16 nitrogen and oxygen atoms in total. The summed E-state index contributed by atoms with van der Waals surface area (Å²) in [5, 5.41) is 51.2. The van der Waals surface area contributed by atoms with Crippen LogP contribution in [0.2, 0.25) is 0 Å². The molecule has 6 atom stereocenters. The predicted molar refractivity (Wildman–Crippen MR) is 293 cm³/mol. The van der Waals surface area contributed by atoms with Crippen molar-refractivity contribution in [2.45, 2.75) is 179 Å². The Labute approximate surface area is 449 Å². The Kier molecular flexibility index (Phi) is 24.2. The van der Waals surface area contributed by atoms with Crippen molar-refractivity contribution in [3.63, 3.8) is 0 Å². The number of fused-ring (bicyclic) bond motifs is 6. The summed E-state index contributed by atoms with van der Waals surface area (Å²) >= 11 is 0. The average Bonchev–Trinajstić information content (AvgIpc) is 3.82. The Balaban J connectivity index is 1.19. The van der Waals surface area contributed by atoms with Gasteiger partial charge in [0.05, 0.1) is 25.3 Å². The van der Waals surface area contributed by atoms with E-state index in [0.29, 0.717) is 18.4 Å². The first-order valence-electron chi connectivity index (χ1n) is 27.6. The highest BCUT2D eigenvalue weighted by atomic mass is 16.3. The molecule has 7 N–H and O–H groups in total. The molecule has 4 bridgehead atoms. The van der Waals surface area contributed by atoms with E-state index >= 15 is 0 Å². The summed E-state index contributed by atoms with van der Waals surface area (Å²) in [4.78, 5) is 98.6. The molecule has 3 aromatic rings. The molecule has 0 unspecified atom stereocenters. The minimum absolute atomic E-state index is 0.0468.